The zero-order chi connectivity index (χ0) is 15.0. The summed E-state index contributed by atoms with van der Waals surface area (Å²) in [6, 6.07) is 3.79. The summed E-state index contributed by atoms with van der Waals surface area (Å²) in [5, 5.41) is 23.7. The Morgan fingerprint density at radius 2 is 2.19 bits per heavy atom. The van der Waals surface area contributed by atoms with Gasteiger partial charge >= 0.3 is 0 Å². The van der Waals surface area contributed by atoms with E-state index in [2.05, 4.69) is 20.9 Å². The van der Waals surface area contributed by atoms with Gasteiger partial charge in [-0.1, -0.05) is 11.3 Å². The summed E-state index contributed by atoms with van der Waals surface area (Å²) in [6.07, 6.45) is 1.64. The second-order valence-electron chi connectivity index (χ2n) is 5.25. The molecular weight excluding hydrogens is 270 g/mol. The molecule has 1 saturated heterocycles. The number of nitrogens with one attached hydrogen (secondary N) is 2. The number of aromatic hydroxyl groups is 1. The lowest BCUT2D eigenvalue weighted by atomic mass is 10.1. The summed E-state index contributed by atoms with van der Waals surface area (Å²) in [6.45, 7) is 5.26. The van der Waals surface area contributed by atoms with Crippen molar-refractivity contribution in [1.29, 1.82) is 0 Å². The van der Waals surface area contributed by atoms with Crippen LogP contribution < -0.4 is 10.6 Å². The highest BCUT2D eigenvalue weighted by Gasteiger charge is 2.22. The number of aryl methyl sites for hydroxylation is 1. The van der Waals surface area contributed by atoms with Gasteiger partial charge in [0.05, 0.1) is 12.2 Å². The van der Waals surface area contributed by atoms with Gasteiger partial charge in [-0.3, -0.25) is 4.79 Å². The van der Waals surface area contributed by atoms with Gasteiger partial charge in [-0.25, -0.2) is 4.68 Å². The third-order valence-electron chi connectivity index (χ3n) is 3.76. The SMILES string of the molecule is Cc1ccc(NC(=O)c2cn(C3CNC3)nn2)c(C)c1O. The largest absolute Gasteiger partial charge is 0.507 e. The standard InChI is InChI=1S/C14H17N5O2/c1-8-3-4-11(9(2)13(8)20)16-14(21)12-7-19(18-17-12)10-5-15-6-10/h3-4,7,10,15,20H,5-6H2,1-2H3,(H,16,21). The zero-order valence-electron chi connectivity index (χ0n) is 11.9. The average Bonchev–Trinajstić information content (AvgIpc) is 2.87. The van der Waals surface area contributed by atoms with Crippen LogP contribution in [0.3, 0.4) is 0 Å². The predicted octanol–water partition coefficient (Wildman–Crippen LogP) is 0.997. The molecule has 0 radical (unpaired) electrons. The minimum Gasteiger partial charge on any atom is -0.507 e. The van der Waals surface area contributed by atoms with E-state index in [-0.39, 0.29) is 23.4 Å². The van der Waals surface area contributed by atoms with Gasteiger partial charge in [-0.05, 0) is 25.5 Å². The fraction of sp³-hybridized carbons (Fsp3) is 0.357. The van der Waals surface area contributed by atoms with Gasteiger partial charge in [0.1, 0.15) is 5.75 Å². The van der Waals surface area contributed by atoms with E-state index in [1.165, 1.54) is 0 Å². The fourth-order valence-corrected chi connectivity index (χ4v) is 2.18. The van der Waals surface area contributed by atoms with E-state index in [1.54, 1.807) is 29.9 Å². The van der Waals surface area contributed by atoms with Crippen molar-refractivity contribution >= 4 is 11.6 Å². The first-order valence-electron chi connectivity index (χ1n) is 6.79. The molecule has 0 saturated carbocycles. The first-order chi connectivity index (χ1) is 10.1. The summed E-state index contributed by atoms with van der Waals surface area (Å²) in [4.78, 5) is 12.2. The molecule has 0 bridgehead atoms. The normalized spacial score (nSPS) is 14.8. The van der Waals surface area contributed by atoms with Crippen molar-refractivity contribution < 1.29 is 9.90 Å². The maximum absolute atomic E-state index is 12.2. The Morgan fingerprint density at radius 1 is 1.43 bits per heavy atom. The van der Waals surface area contributed by atoms with E-state index in [4.69, 9.17) is 0 Å². The number of rotatable bonds is 3. The van der Waals surface area contributed by atoms with E-state index in [9.17, 15) is 9.90 Å². The summed E-state index contributed by atoms with van der Waals surface area (Å²) < 4.78 is 1.70. The zero-order valence-corrected chi connectivity index (χ0v) is 11.9. The van der Waals surface area contributed by atoms with Crippen molar-refractivity contribution in [3.63, 3.8) is 0 Å². The number of aromatic nitrogens is 3. The number of carbonyl (C=O) groups is 1. The quantitative estimate of drug-likeness (QED) is 0.783. The third kappa shape index (κ3) is 2.47. The van der Waals surface area contributed by atoms with Crippen LogP contribution in [0.1, 0.15) is 27.7 Å². The number of nitrogens with zero attached hydrogens (tertiary/aromatic N) is 3. The molecule has 1 aliphatic heterocycles. The number of phenols is 1. The topological polar surface area (TPSA) is 92.1 Å². The Kier molecular flexibility index (Phi) is 3.34. The van der Waals surface area contributed by atoms with Crippen LogP contribution in [-0.4, -0.2) is 39.1 Å². The van der Waals surface area contributed by atoms with Crippen LogP contribution in [0.2, 0.25) is 0 Å². The molecule has 0 spiro atoms. The van der Waals surface area contributed by atoms with E-state index in [1.807, 2.05) is 6.92 Å². The molecule has 1 aromatic carbocycles. The van der Waals surface area contributed by atoms with E-state index < -0.39 is 0 Å². The highest BCUT2D eigenvalue weighted by Crippen LogP contribution is 2.28. The minimum atomic E-state index is -0.333. The molecule has 21 heavy (non-hydrogen) atoms. The Bertz CT molecular complexity index is 691. The number of amides is 1. The van der Waals surface area contributed by atoms with Crippen molar-refractivity contribution in [2.75, 3.05) is 18.4 Å². The van der Waals surface area contributed by atoms with Crippen molar-refractivity contribution in [2.24, 2.45) is 0 Å². The number of benzene rings is 1. The maximum atomic E-state index is 12.2. The van der Waals surface area contributed by atoms with Crippen LogP contribution in [0, 0.1) is 13.8 Å². The highest BCUT2D eigenvalue weighted by atomic mass is 16.3. The molecule has 0 aliphatic carbocycles. The summed E-state index contributed by atoms with van der Waals surface area (Å²) in [7, 11) is 0. The molecule has 7 nitrogen and oxygen atoms in total. The fourth-order valence-electron chi connectivity index (χ4n) is 2.18. The third-order valence-corrected chi connectivity index (χ3v) is 3.76. The van der Waals surface area contributed by atoms with Gasteiger partial charge in [-0.2, -0.15) is 0 Å². The first kappa shape index (κ1) is 13.6. The molecular formula is C14H17N5O2. The monoisotopic (exact) mass is 287 g/mol. The number of carbonyl (C=O) groups excluding carboxylic acids is 1. The lowest BCUT2D eigenvalue weighted by Crippen LogP contribution is -2.43. The second-order valence-corrected chi connectivity index (χ2v) is 5.25. The summed E-state index contributed by atoms with van der Waals surface area (Å²) >= 11 is 0. The number of phenolic OH excluding ortho intramolecular Hbond substituents is 1. The van der Waals surface area contributed by atoms with Crippen LogP contribution in [0.4, 0.5) is 5.69 Å². The molecule has 0 unspecified atom stereocenters. The van der Waals surface area contributed by atoms with Crippen molar-refractivity contribution in [2.45, 2.75) is 19.9 Å². The lowest BCUT2D eigenvalue weighted by Gasteiger charge is -2.26. The second kappa shape index (κ2) is 5.17. The average molecular weight is 287 g/mol. The molecule has 1 aromatic heterocycles. The van der Waals surface area contributed by atoms with Gasteiger partial charge in [0, 0.05) is 24.3 Å². The van der Waals surface area contributed by atoms with Gasteiger partial charge < -0.3 is 15.7 Å². The van der Waals surface area contributed by atoms with E-state index in [0.29, 0.717) is 11.3 Å². The van der Waals surface area contributed by atoms with Crippen LogP contribution in [0.5, 0.6) is 5.75 Å². The highest BCUT2D eigenvalue weighted by molar-refractivity contribution is 6.03. The molecule has 1 aliphatic rings. The lowest BCUT2D eigenvalue weighted by molar-refractivity contribution is 0.102. The van der Waals surface area contributed by atoms with Crippen LogP contribution in [0.25, 0.3) is 0 Å². The molecule has 3 N–H and O–H groups in total. The van der Waals surface area contributed by atoms with Gasteiger partial charge in [-0.15, -0.1) is 5.10 Å². The Labute approximate surface area is 122 Å². The molecule has 2 heterocycles. The predicted molar refractivity (Wildman–Crippen MR) is 77.5 cm³/mol. The number of hydrogen-bond acceptors (Lipinski definition) is 5. The van der Waals surface area contributed by atoms with E-state index in [0.717, 1.165) is 18.7 Å². The molecule has 0 atom stereocenters. The molecule has 2 aromatic rings. The maximum Gasteiger partial charge on any atom is 0.277 e. The molecule has 7 heteroatoms. The van der Waals surface area contributed by atoms with Crippen LogP contribution in [-0.2, 0) is 0 Å². The summed E-state index contributed by atoms with van der Waals surface area (Å²) in [5.41, 5.74) is 2.25. The number of anilines is 1. The molecule has 110 valence electrons. The summed E-state index contributed by atoms with van der Waals surface area (Å²) in [5.74, 6) is -0.142. The van der Waals surface area contributed by atoms with Crippen molar-refractivity contribution in [3.05, 3.63) is 35.2 Å². The smallest absolute Gasteiger partial charge is 0.277 e. The van der Waals surface area contributed by atoms with Crippen molar-refractivity contribution in [1.82, 2.24) is 20.3 Å². The molecule has 1 fully saturated rings. The van der Waals surface area contributed by atoms with E-state index >= 15 is 0 Å². The van der Waals surface area contributed by atoms with Gasteiger partial charge in [0.2, 0.25) is 0 Å². The van der Waals surface area contributed by atoms with Gasteiger partial charge in [0.25, 0.3) is 5.91 Å². The van der Waals surface area contributed by atoms with Crippen LogP contribution >= 0.6 is 0 Å². The van der Waals surface area contributed by atoms with Crippen molar-refractivity contribution in [3.8, 4) is 5.75 Å². The van der Waals surface area contributed by atoms with Crippen LogP contribution in [0.15, 0.2) is 18.3 Å². The Balaban J connectivity index is 1.77. The molecule has 1 amide bonds. The molecule has 3 rings (SSSR count). The number of hydrogen-bond donors (Lipinski definition) is 3. The van der Waals surface area contributed by atoms with Gasteiger partial charge in [0.15, 0.2) is 5.69 Å². The Hall–Kier alpha value is -2.41. The first-order valence-corrected chi connectivity index (χ1v) is 6.79. The minimum absolute atomic E-state index is 0.192. The Morgan fingerprint density at radius 3 is 2.86 bits per heavy atom.